The molecule has 3 rings (SSSR count). The van der Waals surface area contributed by atoms with Gasteiger partial charge in [0.25, 0.3) is 5.91 Å². The van der Waals surface area contributed by atoms with Crippen LogP contribution in [0, 0.1) is 0 Å². The maximum Gasteiger partial charge on any atom is 0.416 e. The SMILES string of the molecule is O=C(NCc1cn(-c2cc(Cl)ccc2O)[nH]1)c1cc(C(F)(F)F)cc(C(F)(F)F)c1. The highest BCUT2D eigenvalue weighted by atomic mass is 35.5. The molecule has 5 nitrogen and oxygen atoms in total. The Morgan fingerprint density at radius 1 is 1.03 bits per heavy atom. The molecule has 0 saturated carbocycles. The molecular weight excluding hydrogens is 440 g/mol. The molecule has 1 aromatic heterocycles. The summed E-state index contributed by atoms with van der Waals surface area (Å²) in [5, 5.41) is 15.1. The van der Waals surface area contributed by atoms with Crippen LogP contribution in [0.3, 0.4) is 0 Å². The Hall–Kier alpha value is -3.08. The summed E-state index contributed by atoms with van der Waals surface area (Å²) in [4.78, 5) is 12.1. The number of nitrogens with one attached hydrogen (secondary N) is 2. The Labute approximate surface area is 169 Å². The van der Waals surface area contributed by atoms with Crippen LogP contribution in [-0.4, -0.2) is 20.8 Å². The summed E-state index contributed by atoms with van der Waals surface area (Å²) >= 11 is 5.84. The van der Waals surface area contributed by atoms with Crippen LogP contribution in [0.25, 0.3) is 5.69 Å². The molecule has 160 valence electrons. The number of hydrogen-bond acceptors (Lipinski definition) is 2. The highest BCUT2D eigenvalue weighted by Gasteiger charge is 2.37. The third-order valence-electron chi connectivity index (χ3n) is 4.04. The van der Waals surface area contributed by atoms with Crippen LogP contribution in [0.15, 0.2) is 42.6 Å². The topological polar surface area (TPSA) is 70.1 Å². The number of carbonyl (C=O) groups excluding carboxylic acids is 1. The van der Waals surface area contributed by atoms with Crippen molar-refractivity contribution in [3.05, 3.63) is 70.0 Å². The van der Waals surface area contributed by atoms with Crippen molar-refractivity contribution in [1.29, 1.82) is 0 Å². The van der Waals surface area contributed by atoms with Crippen molar-refractivity contribution in [1.82, 2.24) is 15.1 Å². The smallest absolute Gasteiger partial charge is 0.416 e. The Balaban J connectivity index is 1.75. The van der Waals surface area contributed by atoms with E-state index in [1.54, 1.807) is 0 Å². The fraction of sp³-hybridized carbons (Fsp3) is 0.167. The van der Waals surface area contributed by atoms with E-state index >= 15 is 0 Å². The number of amides is 1. The highest BCUT2D eigenvalue weighted by Crippen LogP contribution is 2.36. The molecule has 0 spiro atoms. The summed E-state index contributed by atoms with van der Waals surface area (Å²) in [6.45, 7) is -0.200. The normalized spacial score (nSPS) is 12.2. The van der Waals surface area contributed by atoms with Gasteiger partial charge in [-0.1, -0.05) is 11.6 Å². The van der Waals surface area contributed by atoms with Gasteiger partial charge in [0.05, 0.1) is 23.4 Å². The number of phenols is 1. The van der Waals surface area contributed by atoms with Crippen LogP contribution >= 0.6 is 11.6 Å². The number of aromatic hydroxyl groups is 1. The van der Waals surface area contributed by atoms with E-state index in [0.29, 0.717) is 28.5 Å². The molecule has 0 unspecified atom stereocenters. The van der Waals surface area contributed by atoms with E-state index < -0.39 is 35.0 Å². The van der Waals surface area contributed by atoms with E-state index in [9.17, 15) is 36.2 Å². The Bertz CT molecular complexity index is 1040. The first-order chi connectivity index (χ1) is 13.8. The van der Waals surface area contributed by atoms with Crippen LogP contribution in [0.1, 0.15) is 27.2 Å². The van der Waals surface area contributed by atoms with Crippen molar-refractivity contribution in [2.24, 2.45) is 0 Å². The average Bonchev–Trinajstić information content (AvgIpc) is 2.61. The molecule has 1 heterocycles. The Morgan fingerprint density at radius 3 is 2.13 bits per heavy atom. The molecule has 0 fully saturated rings. The number of rotatable bonds is 4. The number of aromatic nitrogens is 2. The average molecular weight is 452 g/mol. The number of H-pyrrole nitrogens is 1. The van der Waals surface area contributed by atoms with E-state index in [1.165, 1.54) is 29.1 Å². The molecule has 2 aromatic carbocycles. The number of alkyl halides is 6. The molecule has 3 aromatic rings. The van der Waals surface area contributed by atoms with Gasteiger partial charge in [-0.05, 0) is 36.4 Å². The Kier molecular flexibility index (Phi) is 5.50. The zero-order chi connectivity index (χ0) is 22.3. The van der Waals surface area contributed by atoms with Gasteiger partial charge in [0.2, 0.25) is 0 Å². The molecule has 0 bridgehead atoms. The molecule has 0 aliphatic heterocycles. The quantitative estimate of drug-likeness (QED) is 0.481. The lowest BCUT2D eigenvalue weighted by Gasteiger charge is -2.18. The van der Waals surface area contributed by atoms with Gasteiger partial charge in [-0.3, -0.25) is 14.6 Å². The second-order valence-corrected chi connectivity index (χ2v) is 6.68. The van der Waals surface area contributed by atoms with Gasteiger partial charge in [0.1, 0.15) is 11.4 Å². The van der Waals surface area contributed by atoms with Crippen LogP contribution in [0.4, 0.5) is 26.3 Å². The standard InChI is InChI=1S/C18H12ClF6N3O2/c19-12-1-2-15(29)14(6-12)28-8-13(27-28)7-26-16(30)9-3-10(17(20,21)22)5-11(4-9)18(23,24)25/h1-6,8,27,29H,7H2,(H,26,30). The fourth-order valence-corrected chi connectivity index (χ4v) is 2.74. The maximum absolute atomic E-state index is 12.9. The zero-order valence-corrected chi connectivity index (χ0v) is 15.5. The summed E-state index contributed by atoms with van der Waals surface area (Å²) < 4.78 is 78.7. The van der Waals surface area contributed by atoms with Gasteiger partial charge in [0, 0.05) is 16.8 Å². The first kappa shape index (κ1) is 21.6. The van der Waals surface area contributed by atoms with Gasteiger partial charge in [-0.25, -0.2) is 0 Å². The maximum atomic E-state index is 12.9. The molecule has 12 heteroatoms. The number of nitrogens with zero attached hydrogens (tertiary/aromatic N) is 1. The van der Waals surface area contributed by atoms with E-state index in [4.69, 9.17) is 11.6 Å². The number of halogens is 7. The summed E-state index contributed by atoms with van der Waals surface area (Å²) in [6.07, 6.45) is -8.64. The second-order valence-electron chi connectivity index (χ2n) is 6.25. The number of phenolic OH excluding ortho intramolecular Hbond substituents is 1. The van der Waals surface area contributed by atoms with E-state index in [2.05, 4.69) is 10.4 Å². The van der Waals surface area contributed by atoms with E-state index in [1.807, 2.05) is 0 Å². The molecule has 0 atom stereocenters. The fourth-order valence-electron chi connectivity index (χ4n) is 2.57. The third-order valence-corrected chi connectivity index (χ3v) is 4.27. The first-order valence-electron chi connectivity index (χ1n) is 8.17. The Morgan fingerprint density at radius 2 is 1.60 bits per heavy atom. The number of aromatic amines is 1. The molecule has 0 saturated heterocycles. The van der Waals surface area contributed by atoms with Gasteiger partial charge in [-0.15, -0.1) is 0 Å². The number of benzene rings is 2. The van der Waals surface area contributed by atoms with Crippen LogP contribution < -0.4 is 5.32 Å². The minimum atomic E-state index is -5.05. The van der Waals surface area contributed by atoms with Crippen molar-refractivity contribution >= 4 is 17.5 Å². The number of hydrogen-bond donors (Lipinski definition) is 3. The molecule has 30 heavy (non-hydrogen) atoms. The predicted octanol–water partition coefficient (Wildman–Crippen LogP) is 5.13. The minimum Gasteiger partial charge on any atom is -0.506 e. The first-order valence-corrected chi connectivity index (χ1v) is 8.55. The molecule has 0 aliphatic carbocycles. The monoisotopic (exact) mass is 451 g/mol. The highest BCUT2D eigenvalue weighted by molar-refractivity contribution is 6.30. The summed E-state index contributed by atoms with van der Waals surface area (Å²) in [5.41, 5.74) is -3.23. The van der Waals surface area contributed by atoms with Gasteiger partial charge < -0.3 is 10.4 Å². The summed E-state index contributed by atoms with van der Waals surface area (Å²) in [5.74, 6) is -1.20. The lowest BCUT2D eigenvalue weighted by atomic mass is 10.0. The number of carbonyl (C=O) groups is 1. The minimum absolute atomic E-state index is 0.0534. The predicted molar refractivity (Wildman–Crippen MR) is 94.4 cm³/mol. The molecular formula is C18H12ClF6N3O2. The molecule has 0 aliphatic rings. The summed E-state index contributed by atoms with van der Waals surface area (Å²) in [7, 11) is 0. The zero-order valence-electron chi connectivity index (χ0n) is 14.7. The second kappa shape index (κ2) is 7.63. The van der Waals surface area contributed by atoms with Crippen molar-refractivity contribution in [3.63, 3.8) is 0 Å². The molecule has 1 amide bonds. The van der Waals surface area contributed by atoms with Gasteiger partial charge in [0.15, 0.2) is 0 Å². The van der Waals surface area contributed by atoms with Crippen LogP contribution in [0.5, 0.6) is 5.75 Å². The lowest BCUT2D eigenvalue weighted by Crippen LogP contribution is -2.26. The van der Waals surface area contributed by atoms with Crippen molar-refractivity contribution in [2.75, 3.05) is 0 Å². The van der Waals surface area contributed by atoms with Crippen molar-refractivity contribution < 1.29 is 36.2 Å². The summed E-state index contributed by atoms with van der Waals surface area (Å²) in [6, 6.07) is 4.93. The van der Waals surface area contributed by atoms with Crippen LogP contribution in [-0.2, 0) is 18.9 Å². The van der Waals surface area contributed by atoms with E-state index in [-0.39, 0.29) is 18.4 Å². The lowest BCUT2D eigenvalue weighted by molar-refractivity contribution is -0.143. The molecule has 3 N–H and O–H groups in total. The molecule has 0 radical (unpaired) electrons. The van der Waals surface area contributed by atoms with Gasteiger partial charge in [-0.2, -0.15) is 26.3 Å². The van der Waals surface area contributed by atoms with Crippen LogP contribution in [0.2, 0.25) is 5.02 Å². The van der Waals surface area contributed by atoms with Crippen molar-refractivity contribution in [3.8, 4) is 11.4 Å². The third kappa shape index (κ3) is 4.73. The van der Waals surface area contributed by atoms with E-state index in [0.717, 1.165) is 0 Å². The van der Waals surface area contributed by atoms with Crippen molar-refractivity contribution in [2.45, 2.75) is 18.9 Å². The van der Waals surface area contributed by atoms with Gasteiger partial charge >= 0.3 is 12.4 Å². The largest absolute Gasteiger partial charge is 0.506 e.